The third kappa shape index (κ3) is 3.33. The van der Waals surface area contributed by atoms with Crippen LogP contribution in [0.25, 0.3) is 0 Å². The van der Waals surface area contributed by atoms with Crippen molar-refractivity contribution in [2.45, 2.75) is 50.9 Å². The summed E-state index contributed by atoms with van der Waals surface area (Å²) in [6.45, 7) is 0. The Hall–Kier alpha value is -1.29. The maximum Gasteiger partial charge on any atom is 0.0740 e. The number of benzene rings is 1. The van der Waals surface area contributed by atoms with E-state index in [1.165, 1.54) is 50.5 Å². The fourth-order valence-electron chi connectivity index (χ4n) is 2.93. The van der Waals surface area contributed by atoms with E-state index in [2.05, 4.69) is 18.2 Å². The highest BCUT2D eigenvalue weighted by Crippen LogP contribution is 2.34. The first kappa shape index (κ1) is 12.2. The van der Waals surface area contributed by atoms with Crippen LogP contribution in [-0.2, 0) is 0 Å². The van der Waals surface area contributed by atoms with Crippen molar-refractivity contribution in [2.75, 3.05) is 0 Å². The molecule has 1 aromatic rings. The van der Waals surface area contributed by atoms with Gasteiger partial charge in [0, 0.05) is 0 Å². The molecule has 1 aliphatic carbocycles. The second-order valence-corrected chi connectivity index (χ2v) is 5.12. The van der Waals surface area contributed by atoms with E-state index in [4.69, 9.17) is 0 Å². The van der Waals surface area contributed by atoms with Gasteiger partial charge in [-0.25, -0.2) is 0 Å². The summed E-state index contributed by atoms with van der Waals surface area (Å²) >= 11 is 0. The molecule has 0 spiro atoms. The van der Waals surface area contributed by atoms with Crippen LogP contribution in [0, 0.1) is 17.2 Å². The number of nitriles is 1. The molecular weight excluding hydrogens is 206 g/mol. The van der Waals surface area contributed by atoms with E-state index in [0.717, 1.165) is 0 Å². The van der Waals surface area contributed by atoms with Crippen LogP contribution in [0.15, 0.2) is 30.3 Å². The molecule has 0 radical (unpaired) electrons. The zero-order valence-corrected chi connectivity index (χ0v) is 10.4. The van der Waals surface area contributed by atoms with Crippen molar-refractivity contribution in [1.29, 1.82) is 5.26 Å². The third-order valence-electron chi connectivity index (χ3n) is 3.92. The van der Waals surface area contributed by atoms with Gasteiger partial charge in [0.2, 0.25) is 0 Å². The van der Waals surface area contributed by atoms with Gasteiger partial charge in [0.15, 0.2) is 0 Å². The molecule has 0 bridgehead atoms. The van der Waals surface area contributed by atoms with Crippen LogP contribution in [0.4, 0.5) is 0 Å². The van der Waals surface area contributed by atoms with Crippen molar-refractivity contribution in [3.63, 3.8) is 0 Å². The van der Waals surface area contributed by atoms with Gasteiger partial charge in [0.25, 0.3) is 0 Å². The van der Waals surface area contributed by atoms with E-state index >= 15 is 0 Å². The first-order valence-corrected chi connectivity index (χ1v) is 6.86. The lowest BCUT2D eigenvalue weighted by Crippen LogP contribution is -2.13. The number of hydrogen-bond donors (Lipinski definition) is 0. The molecule has 0 aliphatic heterocycles. The van der Waals surface area contributed by atoms with Crippen LogP contribution in [0.3, 0.4) is 0 Å². The number of hydrogen-bond acceptors (Lipinski definition) is 1. The Bertz CT molecular complexity index is 355. The predicted molar refractivity (Wildman–Crippen MR) is 70.6 cm³/mol. The summed E-state index contributed by atoms with van der Waals surface area (Å²) in [5.74, 6) is 0.678. The van der Waals surface area contributed by atoms with Crippen LogP contribution in [0.5, 0.6) is 0 Å². The predicted octanol–water partition coefficient (Wildman–Crippen LogP) is 4.65. The number of rotatable bonds is 2. The van der Waals surface area contributed by atoms with Crippen LogP contribution >= 0.6 is 0 Å². The minimum Gasteiger partial charge on any atom is -0.198 e. The minimum absolute atomic E-state index is 0.106. The fraction of sp³-hybridized carbons (Fsp3) is 0.562. The zero-order chi connectivity index (χ0) is 11.9. The van der Waals surface area contributed by atoms with Gasteiger partial charge < -0.3 is 0 Å². The van der Waals surface area contributed by atoms with Crippen molar-refractivity contribution in [2.24, 2.45) is 5.92 Å². The molecule has 1 fully saturated rings. The Kier molecular flexibility index (Phi) is 4.62. The van der Waals surface area contributed by atoms with Crippen molar-refractivity contribution >= 4 is 0 Å². The van der Waals surface area contributed by atoms with Gasteiger partial charge in [0.1, 0.15) is 0 Å². The molecule has 1 saturated carbocycles. The molecule has 0 heterocycles. The Morgan fingerprint density at radius 1 is 0.941 bits per heavy atom. The standard InChI is InChI=1S/C16H21N/c17-13-16(15-11-7-4-8-12-15)14-9-5-2-1-3-6-10-14/h4,7-8,11-12,14,16H,1-3,5-6,9-10H2. The topological polar surface area (TPSA) is 23.8 Å². The summed E-state index contributed by atoms with van der Waals surface area (Å²) in [6, 6.07) is 12.9. The smallest absolute Gasteiger partial charge is 0.0740 e. The zero-order valence-electron chi connectivity index (χ0n) is 10.4. The van der Waals surface area contributed by atoms with Gasteiger partial charge in [-0.1, -0.05) is 62.4 Å². The van der Waals surface area contributed by atoms with Crippen molar-refractivity contribution in [3.05, 3.63) is 35.9 Å². The second-order valence-electron chi connectivity index (χ2n) is 5.12. The summed E-state index contributed by atoms with van der Waals surface area (Å²) in [5, 5.41) is 9.44. The molecule has 1 nitrogen and oxygen atoms in total. The van der Waals surface area contributed by atoms with E-state index in [1.807, 2.05) is 18.2 Å². The average Bonchev–Trinajstić information content (AvgIpc) is 2.34. The van der Waals surface area contributed by atoms with Crippen molar-refractivity contribution in [3.8, 4) is 6.07 Å². The van der Waals surface area contributed by atoms with Crippen LogP contribution < -0.4 is 0 Å². The maximum atomic E-state index is 9.44. The largest absolute Gasteiger partial charge is 0.198 e. The Balaban J connectivity index is 2.09. The highest BCUT2D eigenvalue weighted by molar-refractivity contribution is 5.25. The molecule has 0 amide bonds. The Morgan fingerprint density at radius 2 is 1.53 bits per heavy atom. The Morgan fingerprint density at radius 3 is 2.12 bits per heavy atom. The highest BCUT2D eigenvalue weighted by atomic mass is 14.3. The normalized spacial score (nSPS) is 19.9. The van der Waals surface area contributed by atoms with E-state index < -0.39 is 0 Å². The first-order chi connectivity index (χ1) is 8.42. The monoisotopic (exact) mass is 227 g/mol. The lowest BCUT2D eigenvalue weighted by Gasteiger charge is -2.24. The van der Waals surface area contributed by atoms with Crippen LogP contribution in [0.2, 0.25) is 0 Å². The SMILES string of the molecule is N#CC(c1ccccc1)C1CCCCCCC1. The maximum absolute atomic E-state index is 9.44. The molecule has 90 valence electrons. The lowest BCUT2D eigenvalue weighted by atomic mass is 9.79. The molecule has 0 N–H and O–H groups in total. The van der Waals surface area contributed by atoms with Gasteiger partial charge in [-0.15, -0.1) is 0 Å². The summed E-state index contributed by atoms with van der Waals surface area (Å²) in [7, 11) is 0. The van der Waals surface area contributed by atoms with E-state index in [9.17, 15) is 5.26 Å². The summed E-state index contributed by atoms with van der Waals surface area (Å²) in [6.07, 6.45) is 9.15. The third-order valence-corrected chi connectivity index (χ3v) is 3.92. The van der Waals surface area contributed by atoms with Gasteiger partial charge in [-0.05, 0) is 24.3 Å². The molecule has 17 heavy (non-hydrogen) atoms. The quantitative estimate of drug-likeness (QED) is 0.721. The molecular formula is C16H21N. The van der Waals surface area contributed by atoms with Gasteiger partial charge in [-0.2, -0.15) is 5.26 Å². The van der Waals surface area contributed by atoms with E-state index in [1.54, 1.807) is 0 Å². The fourth-order valence-corrected chi connectivity index (χ4v) is 2.93. The van der Waals surface area contributed by atoms with Crippen molar-refractivity contribution < 1.29 is 0 Å². The molecule has 0 aromatic heterocycles. The summed E-state index contributed by atoms with van der Waals surface area (Å²) in [5.41, 5.74) is 1.21. The van der Waals surface area contributed by atoms with Crippen molar-refractivity contribution in [1.82, 2.24) is 0 Å². The summed E-state index contributed by atoms with van der Waals surface area (Å²) in [4.78, 5) is 0. The minimum atomic E-state index is 0.106. The van der Waals surface area contributed by atoms with E-state index in [-0.39, 0.29) is 5.92 Å². The lowest BCUT2D eigenvalue weighted by molar-refractivity contribution is 0.355. The molecule has 1 atom stereocenters. The number of nitrogens with zero attached hydrogens (tertiary/aromatic N) is 1. The molecule has 1 unspecified atom stereocenters. The molecule has 0 saturated heterocycles. The molecule has 1 heteroatoms. The highest BCUT2D eigenvalue weighted by Gasteiger charge is 2.23. The van der Waals surface area contributed by atoms with Gasteiger partial charge in [-0.3, -0.25) is 0 Å². The van der Waals surface area contributed by atoms with E-state index in [0.29, 0.717) is 5.92 Å². The van der Waals surface area contributed by atoms with Gasteiger partial charge in [0.05, 0.1) is 12.0 Å². The van der Waals surface area contributed by atoms with Crippen LogP contribution in [0.1, 0.15) is 56.4 Å². The van der Waals surface area contributed by atoms with Crippen LogP contribution in [-0.4, -0.2) is 0 Å². The Labute approximate surface area is 104 Å². The molecule has 1 aromatic carbocycles. The van der Waals surface area contributed by atoms with Gasteiger partial charge >= 0.3 is 0 Å². The molecule has 1 aliphatic rings. The average molecular weight is 227 g/mol. The first-order valence-electron chi connectivity index (χ1n) is 6.86. The second kappa shape index (κ2) is 6.45. The molecule has 2 rings (SSSR count). The summed E-state index contributed by atoms with van der Waals surface area (Å²) < 4.78 is 0.